The van der Waals surface area contributed by atoms with Crippen molar-refractivity contribution in [2.75, 3.05) is 18.0 Å². The number of hydrogen-bond donors (Lipinski definition) is 1. The number of aliphatic hydroxyl groups excluding tert-OH is 1. The molecule has 0 amide bonds. The molecule has 1 aliphatic heterocycles. The number of rotatable bonds is 1. The number of hydrogen-bond acceptors (Lipinski definition) is 4. The van der Waals surface area contributed by atoms with Gasteiger partial charge < -0.3 is 10.0 Å². The fraction of sp³-hybridized carbons (Fsp3) is 0.467. The number of piperidine rings is 1. The summed E-state index contributed by atoms with van der Waals surface area (Å²) in [6.45, 7) is 5.82. The average Bonchev–Trinajstić information content (AvgIpc) is 2.38. The molecule has 3 rings (SSSR count). The molecule has 0 unspecified atom stereocenters. The summed E-state index contributed by atoms with van der Waals surface area (Å²) in [5, 5.41) is 10.7. The Balaban J connectivity index is 1.97. The predicted octanol–water partition coefficient (Wildman–Crippen LogP) is 2.21. The lowest BCUT2D eigenvalue weighted by Gasteiger charge is -2.30. The third-order valence-corrected chi connectivity index (χ3v) is 3.78. The number of nitrogens with zero attached hydrogens (tertiary/aromatic N) is 3. The highest BCUT2D eigenvalue weighted by Gasteiger charge is 2.18. The van der Waals surface area contributed by atoms with Gasteiger partial charge in [0, 0.05) is 24.2 Å². The van der Waals surface area contributed by atoms with Gasteiger partial charge in [-0.15, -0.1) is 0 Å². The average molecular weight is 257 g/mol. The molecule has 100 valence electrons. The van der Waals surface area contributed by atoms with E-state index in [2.05, 4.69) is 40.0 Å². The van der Waals surface area contributed by atoms with Gasteiger partial charge in [0.1, 0.15) is 5.82 Å². The molecule has 0 spiro atoms. The minimum Gasteiger partial charge on any atom is -0.393 e. The first-order valence-corrected chi connectivity index (χ1v) is 6.81. The van der Waals surface area contributed by atoms with Crippen molar-refractivity contribution in [3.63, 3.8) is 0 Å². The van der Waals surface area contributed by atoms with E-state index in [4.69, 9.17) is 0 Å². The SMILES string of the molecule is Cc1cc(C)c2ccc(N3CCC(O)CC3)nc2n1. The van der Waals surface area contributed by atoms with Gasteiger partial charge in [0.05, 0.1) is 6.10 Å². The van der Waals surface area contributed by atoms with Gasteiger partial charge in [-0.3, -0.25) is 0 Å². The van der Waals surface area contributed by atoms with Gasteiger partial charge in [-0.2, -0.15) is 0 Å². The summed E-state index contributed by atoms with van der Waals surface area (Å²) in [6, 6.07) is 6.25. The third kappa shape index (κ3) is 2.40. The maximum atomic E-state index is 9.56. The zero-order valence-corrected chi connectivity index (χ0v) is 11.4. The van der Waals surface area contributed by atoms with E-state index in [0.29, 0.717) is 0 Å². The molecule has 2 aromatic rings. The summed E-state index contributed by atoms with van der Waals surface area (Å²) in [5.74, 6) is 0.969. The Morgan fingerprint density at radius 1 is 1.16 bits per heavy atom. The maximum absolute atomic E-state index is 9.56. The van der Waals surface area contributed by atoms with Crippen molar-refractivity contribution < 1.29 is 5.11 Å². The number of aryl methyl sites for hydroxylation is 2. The summed E-state index contributed by atoms with van der Waals surface area (Å²) in [4.78, 5) is 11.4. The van der Waals surface area contributed by atoms with Gasteiger partial charge in [0.2, 0.25) is 0 Å². The van der Waals surface area contributed by atoms with Crippen LogP contribution in [-0.2, 0) is 0 Å². The summed E-state index contributed by atoms with van der Waals surface area (Å²) in [5.41, 5.74) is 3.04. The molecule has 4 nitrogen and oxygen atoms in total. The van der Waals surface area contributed by atoms with Crippen LogP contribution in [0, 0.1) is 13.8 Å². The van der Waals surface area contributed by atoms with Crippen molar-refractivity contribution in [3.8, 4) is 0 Å². The monoisotopic (exact) mass is 257 g/mol. The maximum Gasteiger partial charge on any atom is 0.162 e. The highest BCUT2D eigenvalue weighted by molar-refractivity contribution is 5.80. The van der Waals surface area contributed by atoms with E-state index in [1.165, 1.54) is 5.56 Å². The topological polar surface area (TPSA) is 49.2 Å². The van der Waals surface area contributed by atoms with E-state index < -0.39 is 0 Å². The van der Waals surface area contributed by atoms with E-state index in [9.17, 15) is 5.11 Å². The molecule has 1 N–H and O–H groups in total. The van der Waals surface area contributed by atoms with Crippen LogP contribution in [0.5, 0.6) is 0 Å². The Labute approximate surface area is 113 Å². The van der Waals surface area contributed by atoms with Crippen LogP contribution in [0.2, 0.25) is 0 Å². The minimum absolute atomic E-state index is 0.153. The molecule has 1 fully saturated rings. The third-order valence-electron chi connectivity index (χ3n) is 3.78. The highest BCUT2D eigenvalue weighted by atomic mass is 16.3. The molecule has 0 aromatic carbocycles. The first kappa shape index (κ1) is 12.4. The first-order valence-electron chi connectivity index (χ1n) is 6.81. The van der Waals surface area contributed by atoms with Gasteiger partial charge in [-0.05, 0) is 50.5 Å². The number of anilines is 1. The van der Waals surface area contributed by atoms with Crippen LogP contribution in [0.15, 0.2) is 18.2 Å². The number of aliphatic hydroxyl groups is 1. The Morgan fingerprint density at radius 2 is 1.89 bits per heavy atom. The van der Waals surface area contributed by atoms with Gasteiger partial charge in [0.25, 0.3) is 0 Å². The smallest absolute Gasteiger partial charge is 0.162 e. The molecule has 19 heavy (non-hydrogen) atoms. The van der Waals surface area contributed by atoms with Crippen molar-refractivity contribution in [2.45, 2.75) is 32.8 Å². The van der Waals surface area contributed by atoms with Crippen molar-refractivity contribution in [1.29, 1.82) is 0 Å². The van der Waals surface area contributed by atoms with Crippen LogP contribution in [0.1, 0.15) is 24.1 Å². The standard InChI is InChI=1S/C15H19N3O/c1-10-9-11(2)16-15-13(10)3-4-14(17-15)18-7-5-12(19)6-8-18/h3-4,9,12,19H,5-8H2,1-2H3. The van der Waals surface area contributed by atoms with Crippen LogP contribution in [-0.4, -0.2) is 34.3 Å². The lowest BCUT2D eigenvalue weighted by atomic mass is 10.1. The Hall–Kier alpha value is -1.68. The van der Waals surface area contributed by atoms with E-state index in [1.807, 2.05) is 6.92 Å². The number of aromatic nitrogens is 2. The zero-order valence-electron chi connectivity index (χ0n) is 11.4. The first-order chi connectivity index (χ1) is 9.13. The molecule has 1 saturated heterocycles. The van der Waals surface area contributed by atoms with Gasteiger partial charge >= 0.3 is 0 Å². The zero-order chi connectivity index (χ0) is 13.4. The van der Waals surface area contributed by atoms with Crippen molar-refractivity contribution in [1.82, 2.24) is 9.97 Å². The predicted molar refractivity (Wildman–Crippen MR) is 76.5 cm³/mol. The largest absolute Gasteiger partial charge is 0.393 e. The summed E-state index contributed by atoms with van der Waals surface area (Å²) >= 11 is 0. The Morgan fingerprint density at radius 3 is 2.63 bits per heavy atom. The number of pyridine rings is 2. The molecule has 4 heteroatoms. The summed E-state index contributed by atoms with van der Waals surface area (Å²) in [7, 11) is 0. The molecule has 0 aliphatic carbocycles. The van der Waals surface area contributed by atoms with Crippen LogP contribution < -0.4 is 4.90 Å². The normalized spacial score (nSPS) is 17.1. The molecule has 0 radical (unpaired) electrons. The fourth-order valence-corrected chi connectivity index (χ4v) is 2.69. The quantitative estimate of drug-likeness (QED) is 0.851. The molecule has 0 atom stereocenters. The van der Waals surface area contributed by atoms with Gasteiger partial charge in [-0.25, -0.2) is 9.97 Å². The molecule has 2 aromatic heterocycles. The van der Waals surface area contributed by atoms with E-state index in [0.717, 1.165) is 48.5 Å². The van der Waals surface area contributed by atoms with Crippen molar-refractivity contribution in [3.05, 3.63) is 29.5 Å². The van der Waals surface area contributed by atoms with Gasteiger partial charge in [0.15, 0.2) is 5.65 Å². The van der Waals surface area contributed by atoms with E-state index in [-0.39, 0.29) is 6.10 Å². The van der Waals surface area contributed by atoms with Gasteiger partial charge in [-0.1, -0.05) is 0 Å². The lowest BCUT2D eigenvalue weighted by Crippen LogP contribution is -2.36. The van der Waals surface area contributed by atoms with E-state index in [1.54, 1.807) is 0 Å². The van der Waals surface area contributed by atoms with Crippen LogP contribution >= 0.6 is 0 Å². The van der Waals surface area contributed by atoms with Crippen molar-refractivity contribution >= 4 is 16.9 Å². The Bertz CT molecular complexity index is 604. The fourth-order valence-electron chi connectivity index (χ4n) is 2.69. The second-order valence-electron chi connectivity index (χ2n) is 5.34. The summed E-state index contributed by atoms with van der Waals surface area (Å²) in [6.07, 6.45) is 1.49. The van der Waals surface area contributed by atoms with E-state index >= 15 is 0 Å². The van der Waals surface area contributed by atoms with Crippen molar-refractivity contribution in [2.24, 2.45) is 0 Å². The summed E-state index contributed by atoms with van der Waals surface area (Å²) < 4.78 is 0. The van der Waals surface area contributed by atoms with Crippen LogP contribution in [0.3, 0.4) is 0 Å². The molecular formula is C15H19N3O. The molecule has 3 heterocycles. The van der Waals surface area contributed by atoms with Crippen LogP contribution in [0.4, 0.5) is 5.82 Å². The lowest BCUT2D eigenvalue weighted by molar-refractivity contribution is 0.145. The minimum atomic E-state index is -0.153. The molecular weight excluding hydrogens is 238 g/mol. The van der Waals surface area contributed by atoms with Crippen LogP contribution in [0.25, 0.3) is 11.0 Å². The Kier molecular flexibility index (Phi) is 3.11. The molecule has 0 bridgehead atoms. The second-order valence-corrected chi connectivity index (χ2v) is 5.34. The molecule has 1 aliphatic rings. The second kappa shape index (κ2) is 4.78. The highest BCUT2D eigenvalue weighted by Crippen LogP contribution is 2.22. The number of fused-ring (bicyclic) bond motifs is 1. The molecule has 0 saturated carbocycles.